The lowest BCUT2D eigenvalue weighted by Crippen LogP contribution is -2.65. The molecular weight excluding hydrogens is 420 g/mol. The summed E-state index contributed by atoms with van der Waals surface area (Å²) in [6.07, 6.45) is 4.49. The van der Waals surface area contributed by atoms with Crippen LogP contribution in [0.4, 0.5) is 0 Å². The Morgan fingerprint density at radius 1 is 1.25 bits per heavy atom. The second-order valence-corrected chi connectivity index (χ2v) is 8.54. The number of carbonyl (C=O) groups excluding carboxylic acids is 1. The number of nitrogens with one attached hydrogen (secondary N) is 1. The minimum Gasteiger partial charge on any atom is -0.389 e. The number of likely N-dealkylation sites (tertiary alicyclic amines) is 1. The lowest BCUT2D eigenvalue weighted by molar-refractivity contribution is -0.0140. The van der Waals surface area contributed by atoms with E-state index >= 15 is 0 Å². The van der Waals surface area contributed by atoms with Gasteiger partial charge in [0.2, 0.25) is 0 Å². The summed E-state index contributed by atoms with van der Waals surface area (Å²) in [6, 6.07) is 12.2. The number of benzene rings is 1. The second kappa shape index (κ2) is 6.69. The first-order valence-corrected chi connectivity index (χ1v) is 10.3. The molecule has 0 unspecified atom stereocenters. The number of β-amino-alcohol motifs (C(OH)–C–C–N with tert-alkyl or cyclic N) is 1. The van der Waals surface area contributed by atoms with Crippen LogP contribution in [0.5, 0.6) is 0 Å². The summed E-state index contributed by atoms with van der Waals surface area (Å²) in [4.78, 5) is 19.2. The van der Waals surface area contributed by atoms with E-state index in [4.69, 9.17) is 0 Å². The predicted octanol–water partition coefficient (Wildman–Crippen LogP) is 2.39. The van der Waals surface area contributed by atoms with Crippen LogP contribution >= 0.6 is 15.9 Å². The standard InChI is InChI=1S/C21H21BrN4O2/c22-16-6-3-8-25-12-17(24-19(16)25)20(28)26-9-7-21(18(27)13-26)10-14-4-1-2-5-15(14)11-23-21/h1-6,8,12,18,23,27H,7,9-11,13H2/t18-,21+/m1/s1. The molecule has 2 aliphatic rings. The molecule has 1 fully saturated rings. The molecule has 2 aliphatic heterocycles. The molecule has 2 atom stereocenters. The predicted molar refractivity (Wildman–Crippen MR) is 109 cm³/mol. The molecule has 1 aromatic carbocycles. The Hall–Kier alpha value is -2.22. The van der Waals surface area contributed by atoms with Crippen LogP contribution in [0.25, 0.3) is 5.65 Å². The average molecular weight is 441 g/mol. The number of hydrogen-bond donors (Lipinski definition) is 2. The number of halogens is 1. The van der Waals surface area contributed by atoms with E-state index in [1.165, 1.54) is 11.1 Å². The number of rotatable bonds is 1. The lowest BCUT2D eigenvalue weighted by Gasteiger charge is -2.48. The van der Waals surface area contributed by atoms with Gasteiger partial charge in [0.05, 0.1) is 16.1 Å². The number of pyridine rings is 1. The summed E-state index contributed by atoms with van der Waals surface area (Å²) >= 11 is 3.47. The molecule has 2 aromatic heterocycles. The quantitative estimate of drug-likeness (QED) is 0.609. The summed E-state index contributed by atoms with van der Waals surface area (Å²) in [7, 11) is 0. The zero-order valence-electron chi connectivity index (χ0n) is 15.3. The average Bonchev–Trinajstić information content (AvgIpc) is 3.15. The molecule has 1 amide bonds. The van der Waals surface area contributed by atoms with Gasteiger partial charge in [0.15, 0.2) is 5.65 Å². The molecule has 6 nitrogen and oxygen atoms in total. The van der Waals surface area contributed by atoms with Crippen molar-refractivity contribution in [1.82, 2.24) is 19.6 Å². The smallest absolute Gasteiger partial charge is 0.274 e. The SMILES string of the molecule is O=C(c1cn2cccc(Br)c2n1)N1CC[C@]2(Cc3ccccc3CN2)[C@H](O)C1. The van der Waals surface area contributed by atoms with Crippen molar-refractivity contribution in [2.75, 3.05) is 13.1 Å². The van der Waals surface area contributed by atoms with Crippen molar-refractivity contribution in [2.24, 2.45) is 0 Å². The van der Waals surface area contributed by atoms with Crippen molar-refractivity contribution in [1.29, 1.82) is 0 Å². The van der Waals surface area contributed by atoms with Crippen LogP contribution in [-0.4, -0.2) is 50.0 Å². The second-order valence-electron chi connectivity index (χ2n) is 7.69. The Labute approximate surface area is 171 Å². The molecule has 1 saturated heterocycles. The molecule has 0 radical (unpaired) electrons. The molecule has 5 rings (SSSR count). The van der Waals surface area contributed by atoms with Crippen molar-refractivity contribution < 1.29 is 9.90 Å². The van der Waals surface area contributed by atoms with Crippen LogP contribution in [0.1, 0.15) is 28.0 Å². The number of fused-ring (bicyclic) bond motifs is 2. The van der Waals surface area contributed by atoms with E-state index in [-0.39, 0.29) is 11.4 Å². The molecule has 2 N–H and O–H groups in total. The Balaban J connectivity index is 1.35. The monoisotopic (exact) mass is 440 g/mol. The highest BCUT2D eigenvalue weighted by Gasteiger charge is 2.45. The minimum atomic E-state index is -0.623. The van der Waals surface area contributed by atoms with E-state index in [1.54, 1.807) is 11.1 Å². The molecule has 3 aromatic rings. The number of imidazole rings is 1. The van der Waals surface area contributed by atoms with Gasteiger partial charge < -0.3 is 19.7 Å². The van der Waals surface area contributed by atoms with Crippen LogP contribution < -0.4 is 5.32 Å². The van der Waals surface area contributed by atoms with Gasteiger partial charge in [-0.1, -0.05) is 24.3 Å². The summed E-state index contributed by atoms with van der Waals surface area (Å²) in [5.74, 6) is -0.138. The molecule has 0 bridgehead atoms. The third-order valence-corrected chi connectivity index (χ3v) is 6.67. The zero-order chi connectivity index (χ0) is 19.3. The third-order valence-electron chi connectivity index (χ3n) is 6.06. The van der Waals surface area contributed by atoms with Crippen LogP contribution in [-0.2, 0) is 13.0 Å². The van der Waals surface area contributed by atoms with Crippen LogP contribution in [0.3, 0.4) is 0 Å². The maximum atomic E-state index is 13.0. The van der Waals surface area contributed by atoms with Gasteiger partial charge in [0, 0.05) is 32.0 Å². The Morgan fingerprint density at radius 3 is 2.86 bits per heavy atom. The molecule has 7 heteroatoms. The number of aliphatic hydroxyl groups excluding tert-OH is 1. The van der Waals surface area contributed by atoms with Crippen molar-refractivity contribution in [2.45, 2.75) is 31.0 Å². The maximum Gasteiger partial charge on any atom is 0.274 e. The van der Waals surface area contributed by atoms with Gasteiger partial charge in [-0.15, -0.1) is 0 Å². The van der Waals surface area contributed by atoms with Crippen molar-refractivity contribution >= 4 is 27.5 Å². The van der Waals surface area contributed by atoms with Gasteiger partial charge in [-0.2, -0.15) is 0 Å². The fraction of sp³-hybridized carbons (Fsp3) is 0.333. The summed E-state index contributed by atoms with van der Waals surface area (Å²) in [5, 5.41) is 14.5. The Bertz CT molecular complexity index is 1070. The topological polar surface area (TPSA) is 69.9 Å². The van der Waals surface area contributed by atoms with Gasteiger partial charge in [-0.3, -0.25) is 4.79 Å². The lowest BCUT2D eigenvalue weighted by atomic mass is 9.76. The summed E-state index contributed by atoms with van der Waals surface area (Å²) in [6.45, 7) is 1.66. The van der Waals surface area contributed by atoms with E-state index in [0.29, 0.717) is 30.9 Å². The normalized spacial score (nSPS) is 24.5. The Morgan fingerprint density at radius 2 is 2.07 bits per heavy atom. The molecule has 4 heterocycles. The highest BCUT2D eigenvalue weighted by atomic mass is 79.9. The highest BCUT2D eigenvalue weighted by molar-refractivity contribution is 9.10. The van der Waals surface area contributed by atoms with E-state index in [0.717, 1.165) is 17.4 Å². The number of piperidine rings is 1. The van der Waals surface area contributed by atoms with E-state index in [2.05, 4.69) is 38.4 Å². The van der Waals surface area contributed by atoms with Crippen LogP contribution in [0, 0.1) is 0 Å². The van der Waals surface area contributed by atoms with Gasteiger partial charge in [0.1, 0.15) is 5.69 Å². The number of amides is 1. The molecule has 1 spiro atoms. The van der Waals surface area contributed by atoms with Gasteiger partial charge in [0.25, 0.3) is 5.91 Å². The first-order chi connectivity index (χ1) is 13.6. The largest absolute Gasteiger partial charge is 0.389 e. The number of aromatic nitrogens is 2. The number of hydrogen-bond acceptors (Lipinski definition) is 4. The van der Waals surface area contributed by atoms with Crippen LogP contribution in [0.2, 0.25) is 0 Å². The van der Waals surface area contributed by atoms with Crippen LogP contribution in [0.15, 0.2) is 53.3 Å². The molecular formula is C21H21BrN4O2. The van der Waals surface area contributed by atoms with Crippen molar-refractivity contribution in [3.63, 3.8) is 0 Å². The number of carbonyl (C=O) groups is 1. The fourth-order valence-corrected chi connectivity index (χ4v) is 4.84. The zero-order valence-corrected chi connectivity index (χ0v) is 16.9. The van der Waals surface area contributed by atoms with Gasteiger partial charge in [-0.05, 0) is 52.0 Å². The fourth-order valence-electron chi connectivity index (χ4n) is 4.39. The molecule has 0 saturated carbocycles. The van der Waals surface area contributed by atoms with Crippen molar-refractivity contribution in [3.8, 4) is 0 Å². The molecule has 144 valence electrons. The Kier molecular flexibility index (Phi) is 4.26. The summed E-state index contributed by atoms with van der Waals surface area (Å²) in [5.41, 5.74) is 3.31. The molecule has 28 heavy (non-hydrogen) atoms. The molecule has 0 aliphatic carbocycles. The highest BCUT2D eigenvalue weighted by Crippen LogP contribution is 2.32. The minimum absolute atomic E-state index is 0.138. The third kappa shape index (κ3) is 2.85. The van der Waals surface area contributed by atoms with Crippen molar-refractivity contribution in [3.05, 3.63) is 70.1 Å². The first kappa shape index (κ1) is 17.8. The maximum absolute atomic E-state index is 13.0. The number of nitrogens with zero attached hydrogens (tertiary/aromatic N) is 3. The van der Waals surface area contributed by atoms with E-state index < -0.39 is 6.10 Å². The number of aliphatic hydroxyl groups is 1. The van der Waals surface area contributed by atoms with E-state index in [1.807, 2.05) is 34.9 Å². The van der Waals surface area contributed by atoms with Gasteiger partial charge >= 0.3 is 0 Å². The summed E-state index contributed by atoms with van der Waals surface area (Å²) < 4.78 is 2.68. The van der Waals surface area contributed by atoms with Gasteiger partial charge in [-0.25, -0.2) is 4.98 Å². The van der Waals surface area contributed by atoms with E-state index in [9.17, 15) is 9.90 Å². The first-order valence-electron chi connectivity index (χ1n) is 9.48.